The van der Waals surface area contributed by atoms with Crippen molar-refractivity contribution in [2.45, 2.75) is 78.6 Å². The van der Waals surface area contributed by atoms with Crippen molar-refractivity contribution < 1.29 is 23.8 Å². The largest absolute Gasteiger partial charge is 0.458 e. The third-order valence-corrected chi connectivity index (χ3v) is 7.61. The molecule has 148 valence electrons. The van der Waals surface area contributed by atoms with E-state index in [1.807, 2.05) is 0 Å². The van der Waals surface area contributed by atoms with E-state index in [9.17, 15) is 9.59 Å². The van der Waals surface area contributed by atoms with Crippen LogP contribution in [0.25, 0.3) is 0 Å². The molecule has 3 fully saturated rings. The molecule has 4 aliphatic rings. The van der Waals surface area contributed by atoms with Crippen LogP contribution in [-0.2, 0) is 23.8 Å². The summed E-state index contributed by atoms with van der Waals surface area (Å²) in [6.45, 7) is 10.8. The van der Waals surface area contributed by atoms with Crippen LogP contribution in [0.15, 0.2) is 23.5 Å². The molecule has 5 atom stereocenters. The van der Waals surface area contributed by atoms with Crippen molar-refractivity contribution in [3.05, 3.63) is 23.5 Å². The maximum Gasteiger partial charge on any atom is 0.338 e. The van der Waals surface area contributed by atoms with Crippen LogP contribution in [0.4, 0.5) is 0 Å². The maximum absolute atomic E-state index is 12.8. The van der Waals surface area contributed by atoms with Gasteiger partial charge in [0, 0.05) is 17.6 Å². The molecule has 1 unspecified atom stereocenters. The average molecular weight is 374 g/mol. The maximum atomic E-state index is 12.8. The number of carbonyl (C=O) groups is 2. The number of rotatable bonds is 2. The smallest absolute Gasteiger partial charge is 0.338 e. The van der Waals surface area contributed by atoms with Crippen LogP contribution in [0, 0.1) is 22.7 Å². The summed E-state index contributed by atoms with van der Waals surface area (Å²) >= 11 is 0. The standard InChI is InChI=1S/C22H30O5/c1-13-11-16(26-18(13)23)25-12-14-17-21(4)9-6-8-20(2,3)15(21)7-10-22(17,5)27-19(14)24/h11-12,15-17H,6-10H2,1-5H3/b14-12+/t15-,16?,17+,21-,22+/m1/s1. The molecular weight excluding hydrogens is 344 g/mol. The first-order valence-electron chi connectivity index (χ1n) is 10.1. The van der Waals surface area contributed by atoms with Gasteiger partial charge in [0.15, 0.2) is 0 Å². The van der Waals surface area contributed by atoms with E-state index < -0.39 is 11.9 Å². The molecule has 0 aromatic rings. The lowest BCUT2D eigenvalue weighted by molar-refractivity contribution is -0.164. The topological polar surface area (TPSA) is 61.8 Å². The second-order valence-electron chi connectivity index (χ2n) is 9.91. The Bertz CT molecular complexity index is 748. The first-order chi connectivity index (χ1) is 12.6. The number of ether oxygens (including phenoxy) is 3. The van der Waals surface area contributed by atoms with E-state index in [0.29, 0.717) is 17.1 Å². The Kier molecular flexibility index (Phi) is 4.03. The van der Waals surface area contributed by atoms with Crippen molar-refractivity contribution in [1.82, 2.24) is 0 Å². The predicted octanol–water partition coefficient (Wildman–Crippen LogP) is 4.27. The predicted molar refractivity (Wildman–Crippen MR) is 99.3 cm³/mol. The lowest BCUT2D eigenvalue weighted by atomic mass is 9.45. The Morgan fingerprint density at radius 1 is 1.11 bits per heavy atom. The van der Waals surface area contributed by atoms with Gasteiger partial charge < -0.3 is 14.2 Å². The van der Waals surface area contributed by atoms with E-state index in [0.717, 1.165) is 25.7 Å². The van der Waals surface area contributed by atoms with Gasteiger partial charge in [-0.2, -0.15) is 0 Å². The van der Waals surface area contributed by atoms with Gasteiger partial charge >= 0.3 is 11.9 Å². The molecule has 0 radical (unpaired) electrons. The second-order valence-corrected chi connectivity index (χ2v) is 9.91. The molecule has 1 saturated heterocycles. The first-order valence-corrected chi connectivity index (χ1v) is 10.1. The summed E-state index contributed by atoms with van der Waals surface area (Å²) in [5.41, 5.74) is 0.886. The van der Waals surface area contributed by atoms with Gasteiger partial charge in [-0.15, -0.1) is 0 Å². The minimum Gasteiger partial charge on any atom is -0.458 e. The monoisotopic (exact) mass is 374 g/mol. The Hall–Kier alpha value is -1.78. The molecule has 5 nitrogen and oxygen atoms in total. The summed E-state index contributed by atoms with van der Waals surface area (Å²) in [5.74, 6) is -0.132. The number of carbonyl (C=O) groups excluding carboxylic acids is 2. The Labute approximate surface area is 161 Å². The van der Waals surface area contributed by atoms with Crippen molar-refractivity contribution in [3.63, 3.8) is 0 Å². The zero-order valence-corrected chi connectivity index (χ0v) is 17.0. The van der Waals surface area contributed by atoms with Crippen molar-refractivity contribution >= 4 is 11.9 Å². The zero-order valence-electron chi connectivity index (χ0n) is 17.0. The van der Waals surface area contributed by atoms with Gasteiger partial charge in [-0.3, -0.25) is 0 Å². The molecule has 0 N–H and O–H groups in total. The normalized spacial score (nSPS) is 44.3. The van der Waals surface area contributed by atoms with Gasteiger partial charge in [-0.25, -0.2) is 9.59 Å². The molecule has 0 spiro atoms. The zero-order chi connectivity index (χ0) is 19.6. The fourth-order valence-corrected chi connectivity index (χ4v) is 6.52. The summed E-state index contributed by atoms with van der Waals surface area (Å²) in [7, 11) is 0. The van der Waals surface area contributed by atoms with E-state index in [-0.39, 0.29) is 28.7 Å². The highest BCUT2D eigenvalue weighted by Crippen LogP contribution is 2.66. The summed E-state index contributed by atoms with van der Waals surface area (Å²) in [6.07, 6.45) is 7.81. The van der Waals surface area contributed by atoms with Gasteiger partial charge in [0.1, 0.15) is 5.60 Å². The number of hydrogen-bond donors (Lipinski definition) is 0. The Morgan fingerprint density at radius 2 is 1.85 bits per heavy atom. The van der Waals surface area contributed by atoms with Crippen LogP contribution in [0.3, 0.4) is 0 Å². The Morgan fingerprint density at radius 3 is 2.52 bits per heavy atom. The summed E-state index contributed by atoms with van der Waals surface area (Å²) in [6, 6.07) is 0. The number of hydrogen-bond acceptors (Lipinski definition) is 5. The van der Waals surface area contributed by atoms with Crippen LogP contribution in [0.5, 0.6) is 0 Å². The number of fused-ring (bicyclic) bond motifs is 3. The lowest BCUT2D eigenvalue weighted by Crippen LogP contribution is -2.56. The molecular formula is C22H30O5. The van der Waals surface area contributed by atoms with E-state index in [2.05, 4.69) is 27.7 Å². The summed E-state index contributed by atoms with van der Waals surface area (Å²) in [4.78, 5) is 24.3. The van der Waals surface area contributed by atoms with Gasteiger partial charge in [-0.1, -0.05) is 27.2 Å². The van der Waals surface area contributed by atoms with Crippen molar-refractivity contribution in [1.29, 1.82) is 0 Å². The van der Waals surface area contributed by atoms with Crippen molar-refractivity contribution in [2.75, 3.05) is 0 Å². The molecule has 2 aliphatic heterocycles. The van der Waals surface area contributed by atoms with E-state index in [1.54, 1.807) is 13.0 Å². The highest BCUT2D eigenvalue weighted by Gasteiger charge is 2.65. The third kappa shape index (κ3) is 2.73. The summed E-state index contributed by atoms with van der Waals surface area (Å²) < 4.78 is 16.7. The fraction of sp³-hybridized carbons (Fsp3) is 0.727. The van der Waals surface area contributed by atoms with Crippen molar-refractivity contribution in [3.8, 4) is 0 Å². The average Bonchev–Trinajstić information content (AvgIpc) is 3.00. The van der Waals surface area contributed by atoms with Crippen LogP contribution < -0.4 is 0 Å². The lowest BCUT2D eigenvalue weighted by Gasteiger charge is -2.59. The minimum absolute atomic E-state index is 0.00185. The number of cyclic esters (lactones) is 1. The van der Waals surface area contributed by atoms with Crippen LogP contribution in [0.1, 0.15) is 66.7 Å². The van der Waals surface area contributed by atoms with E-state index in [1.165, 1.54) is 12.7 Å². The molecule has 2 heterocycles. The molecule has 2 aliphatic carbocycles. The van der Waals surface area contributed by atoms with Crippen LogP contribution >= 0.6 is 0 Å². The highest BCUT2D eigenvalue weighted by atomic mass is 16.7. The molecule has 0 aromatic carbocycles. The third-order valence-electron chi connectivity index (χ3n) is 7.61. The van der Waals surface area contributed by atoms with Gasteiger partial charge in [-0.05, 0) is 56.3 Å². The van der Waals surface area contributed by atoms with E-state index in [4.69, 9.17) is 14.2 Å². The van der Waals surface area contributed by atoms with Crippen LogP contribution in [0.2, 0.25) is 0 Å². The van der Waals surface area contributed by atoms with E-state index >= 15 is 0 Å². The minimum atomic E-state index is -0.764. The van der Waals surface area contributed by atoms with Gasteiger partial charge in [0.2, 0.25) is 0 Å². The van der Waals surface area contributed by atoms with Gasteiger partial charge in [0.25, 0.3) is 6.29 Å². The highest BCUT2D eigenvalue weighted by molar-refractivity contribution is 5.92. The molecule has 0 aromatic heterocycles. The van der Waals surface area contributed by atoms with Gasteiger partial charge in [0.05, 0.1) is 11.8 Å². The second kappa shape index (κ2) is 5.86. The molecule has 0 amide bonds. The molecule has 27 heavy (non-hydrogen) atoms. The SMILES string of the molecule is CC1=CC(O/C=C2/C(=O)O[C@@]3(C)CC[C@@H]4C(C)(C)CCC[C@@]4(C)[C@H]23)OC1=O. The number of esters is 2. The molecule has 0 bridgehead atoms. The Balaban J connectivity index is 1.67. The van der Waals surface area contributed by atoms with Crippen molar-refractivity contribution in [2.24, 2.45) is 22.7 Å². The first kappa shape index (κ1) is 18.6. The molecule has 2 saturated carbocycles. The fourth-order valence-electron chi connectivity index (χ4n) is 6.52. The summed E-state index contributed by atoms with van der Waals surface area (Å²) in [5, 5.41) is 0. The molecule has 5 heteroatoms. The van der Waals surface area contributed by atoms with Crippen LogP contribution in [-0.4, -0.2) is 23.8 Å². The quantitative estimate of drug-likeness (QED) is 0.410. The molecule has 4 rings (SSSR count).